The molecule has 0 unspecified atom stereocenters. The van der Waals surface area contributed by atoms with Crippen molar-refractivity contribution in [3.63, 3.8) is 0 Å². The Kier molecular flexibility index (Phi) is 5.61. The Bertz CT molecular complexity index is 873. The van der Waals surface area contributed by atoms with Crippen molar-refractivity contribution in [1.82, 2.24) is 0 Å². The molecule has 2 aromatic carbocycles. The molecule has 0 aromatic heterocycles. The second-order valence-corrected chi connectivity index (χ2v) is 8.56. The van der Waals surface area contributed by atoms with E-state index in [0.717, 1.165) is 36.8 Å². The first-order valence-electron chi connectivity index (χ1n) is 8.93. The van der Waals surface area contributed by atoms with E-state index in [1.54, 1.807) is 48.5 Å². The van der Waals surface area contributed by atoms with E-state index in [0.29, 0.717) is 11.3 Å². The van der Waals surface area contributed by atoms with Crippen LogP contribution in [0.4, 0.5) is 5.69 Å². The summed E-state index contributed by atoms with van der Waals surface area (Å²) in [4.78, 5) is 0.142. The summed E-state index contributed by atoms with van der Waals surface area (Å²) in [5.74, 6) is 0. The minimum atomic E-state index is -3.76. The first kappa shape index (κ1) is 18.5. The monoisotopic (exact) mass is 372 g/mol. The van der Waals surface area contributed by atoms with Gasteiger partial charge in [0.2, 0.25) is 0 Å². The first-order chi connectivity index (χ1) is 12.5. The van der Waals surface area contributed by atoms with E-state index in [9.17, 15) is 13.6 Å². The van der Waals surface area contributed by atoms with Gasteiger partial charge in [0.15, 0.2) is 12.3 Å². The fraction of sp³-hybridized carbons (Fsp3) is 0.350. The van der Waals surface area contributed by atoms with Crippen LogP contribution in [0.5, 0.6) is 0 Å². The van der Waals surface area contributed by atoms with E-state index in [1.807, 2.05) is 6.07 Å². The summed E-state index contributed by atoms with van der Waals surface area (Å²) in [6, 6.07) is 15.5. The van der Waals surface area contributed by atoms with Gasteiger partial charge in [0.25, 0.3) is 10.0 Å². The number of sulfonamides is 1. The average Bonchev–Trinajstić information content (AvgIpc) is 2.69. The number of nitrogens with zero attached hydrogens (tertiary/aromatic N) is 2. The first-order valence-corrected chi connectivity index (χ1v) is 10.4. The maximum Gasteiger partial charge on any atom is 0.264 e. The Morgan fingerprint density at radius 3 is 2.31 bits per heavy atom. The van der Waals surface area contributed by atoms with Crippen LogP contribution < -0.4 is 4.31 Å². The van der Waals surface area contributed by atoms with E-state index in [1.165, 1.54) is 17.6 Å². The molecule has 1 saturated carbocycles. The van der Waals surface area contributed by atoms with Gasteiger partial charge in [0.05, 0.1) is 11.3 Å². The SMILES string of the molecule is CN(c1ccccc1)S(=O)(=O)c1ccccc1/C=[N+](\[O-])C1CCCCC1. The highest BCUT2D eigenvalue weighted by Crippen LogP contribution is 2.24. The summed E-state index contributed by atoms with van der Waals surface area (Å²) >= 11 is 0. The molecule has 0 heterocycles. The molecule has 138 valence electrons. The van der Waals surface area contributed by atoms with E-state index in [-0.39, 0.29) is 10.9 Å². The third kappa shape index (κ3) is 3.90. The number of rotatable bonds is 5. The molecule has 0 radical (unpaired) electrons. The van der Waals surface area contributed by atoms with Gasteiger partial charge in [-0.3, -0.25) is 4.31 Å². The fourth-order valence-electron chi connectivity index (χ4n) is 3.32. The van der Waals surface area contributed by atoms with Gasteiger partial charge < -0.3 is 5.21 Å². The zero-order valence-corrected chi connectivity index (χ0v) is 15.7. The summed E-state index contributed by atoms with van der Waals surface area (Å²) in [6.07, 6.45) is 6.42. The molecule has 0 N–H and O–H groups in total. The van der Waals surface area contributed by atoms with Crippen LogP contribution in [0.1, 0.15) is 37.7 Å². The maximum absolute atomic E-state index is 13.1. The van der Waals surface area contributed by atoms with Crippen molar-refractivity contribution in [2.24, 2.45) is 0 Å². The number of hydroxylamine groups is 1. The minimum absolute atomic E-state index is 0.0636. The van der Waals surface area contributed by atoms with Gasteiger partial charge in [-0.25, -0.2) is 13.2 Å². The molecule has 0 saturated heterocycles. The number of hydrogen-bond acceptors (Lipinski definition) is 3. The predicted molar refractivity (Wildman–Crippen MR) is 104 cm³/mol. The lowest BCUT2D eigenvalue weighted by molar-refractivity contribution is -0.500. The molecular weight excluding hydrogens is 348 g/mol. The molecule has 0 atom stereocenters. The quantitative estimate of drug-likeness (QED) is 0.347. The van der Waals surface area contributed by atoms with Crippen LogP contribution in [0, 0.1) is 5.21 Å². The van der Waals surface area contributed by atoms with Crippen LogP contribution in [0.25, 0.3) is 0 Å². The highest BCUT2D eigenvalue weighted by molar-refractivity contribution is 7.92. The molecule has 1 aliphatic carbocycles. The van der Waals surface area contributed by atoms with Crippen LogP contribution in [-0.2, 0) is 10.0 Å². The van der Waals surface area contributed by atoms with Crippen LogP contribution in [0.3, 0.4) is 0 Å². The highest BCUT2D eigenvalue weighted by atomic mass is 32.2. The molecule has 6 heteroatoms. The largest absolute Gasteiger partial charge is 0.624 e. The Balaban J connectivity index is 1.96. The van der Waals surface area contributed by atoms with E-state index < -0.39 is 10.0 Å². The molecule has 0 bridgehead atoms. The Morgan fingerprint density at radius 2 is 1.62 bits per heavy atom. The zero-order valence-electron chi connectivity index (χ0n) is 14.9. The number of benzene rings is 2. The van der Waals surface area contributed by atoms with E-state index in [2.05, 4.69) is 0 Å². The van der Waals surface area contributed by atoms with Gasteiger partial charge in [-0.1, -0.05) is 36.8 Å². The third-order valence-electron chi connectivity index (χ3n) is 4.88. The molecular formula is C20H24N2O3S. The van der Waals surface area contributed by atoms with Gasteiger partial charge >= 0.3 is 0 Å². The summed E-state index contributed by atoms with van der Waals surface area (Å²) in [5.41, 5.74) is 1.00. The minimum Gasteiger partial charge on any atom is -0.624 e. The normalized spacial score (nSPS) is 16.4. The van der Waals surface area contributed by atoms with Gasteiger partial charge in [-0.05, 0) is 37.1 Å². The molecule has 1 fully saturated rings. The Hall–Kier alpha value is -2.34. The van der Waals surface area contributed by atoms with Crippen LogP contribution in [0.2, 0.25) is 0 Å². The number of anilines is 1. The summed E-state index contributed by atoms with van der Waals surface area (Å²) in [6.45, 7) is 0. The van der Waals surface area contributed by atoms with Gasteiger partial charge in [0, 0.05) is 19.9 Å². The fourth-order valence-corrected chi connectivity index (χ4v) is 4.69. The lowest BCUT2D eigenvalue weighted by atomic mass is 9.96. The molecule has 2 aromatic rings. The molecule has 0 amide bonds. The third-order valence-corrected chi connectivity index (χ3v) is 6.74. The summed E-state index contributed by atoms with van der Waals surface area (Å²) in [7, 11) is -2.24. The molecule has 3 rings (SSSR count). The van der Waals surface area contributed by atoms with Crippen molar-refractivity contribution in [3.8, 4) is 0 Å². The van der Waals surface area contributed by atoms with Crippen molar-refractivity contribution in [3.05, 3.63) is 65.4 Å². The van der Waals surface area contributed by atoms with Gasteiger partial charge in [-0.2, -0.15) is 0 Å². The average molecular weight is 372 g/mol. The van der Waals surface area contributed by atoms with Crippen LogP contribution >= 0.6 is 0 Å². The van der Waals surface area contributed by atoms with Crippen LogP contribution in [0.15, 0.2) is 59.5 Å². The summed E-state index contributed by atoms with van der Waals surface area (Å²) < 4.78 is 28.4. The molecule has 1 aliphatic rings. The maximum atomic E-state index is 13.1. The van der Waals surface area contributed by atoms with Crippen molar-refractivity contribution in [1.29, 1.82) is 0 Å². The van der Waals surface area contributed by atoms with E-state index in [4.69, 9.17) is 0 Å². The van der Waals surface area contributed by atoms with Crippen LogP contribution in [-0.4, -0.2) is 32.5 Å². The Morgan fingerprint density at radius 1 is 1.00 bits per heavy atom. The second kappa shape index (κ2) is 7.91. The highest BCUT2D eigenvalue weighted by Gasteiger charge is 2.26. The van der Waals surface area contributed by atoms with Crippen molar-refractivity contribution >= 4 is 21.9 Å². The molecule has 5 nitrogen and oxygen atoms in total. The number of hydrogen-bond donors (Lipinski definition) is 0. The smallest absolute Gasteiger partial charge is 0.264 e. The molecule has 0 spiro atoms. The standard InChI is InChI=1S/C20H24N2O3S/c1-21(18-11-4-2-5-12-18)26(24,25)20-15-9-8-10-17(20)16-22(23)19-13-6-3-7-14-19/h2,4-5,8-12,15-16,19H,3,6-7,13-14H2,1H3/b22-16-. The van der Waals surface area contributed by atoms with E-state index >= 15 is 0 Å². The summed E-state index contributed by atoms with van der Waals surface area (Å²) in [5, 5.41) is 12.5. The zero-order chi connectivity index (χ0) is 18.6. The molecule has 26 heavy (non-hydrogen) atoms. The second-order valence-electron chi connectivity index (χ2n) is 6.63. The Labute approximate surface area is 155 Å². The topological polar surface area (TPSA) is 63.5 Å². The lowest BCUT2D eigenvalue weighted by Crippen LogP contribution is -2.29. The van der Waals surface area contributed by atoms with Crippen molar-refractivity contribution < 1.29 is 13.2 Å². The molecule has 0 aliphatic heterocycles. The van der Waals surface area contributed by atoms with Crippen molar-refractivity contribution in [2.45, 2.75) is 43.0 Å². The number of para-hydroxylation sites is 1. The van der Waals surface area contributed by atoms with Crippen molar-refractivity contribution in [2.75, 3.05) is 11.4 Å². The predicted octanol–water partition coefficient (Wildman–Crippen LogP) is 3.77. The lowest BCUT2D eigenvalue weighted by Gasteiger charge is -2.22. The van der Waals surface area contributed by atoms with Gasteiger partial charge in [-0.15, -0.1) is 0 Å². The van der Waals surface area contributed by atoms with Gasteiger partial charge in [0.1, 0.15) is 4.90 Å².